The molecule has 0 aliphatic carbocycles. The number of aromatic hydroxyl groups is 2. The molecule has 9 nitrogen and oxygen atoms in total. The van der Waals surface area contributed by atoms with Gasteiger partial charge in [0.1, 0.15) is 28.7 Å². The highest BCUT2D eigenvalue weighted by molar-refractivity contribution is 5.98. The molecule has 0 fully saturated rings. The van der Waals surface area contributed by atoms with Gasteiger partial charge in [0.15, 0.2) is 0 Å². The summed E-state index contributed by atoms with van der Waals surface area (Å²) in [4.78, 5) is 35.7. The number of carbonyl (C=O) groups excluding carboxylic acids is 2. The predicted octanol–water partition coefficient (Wildman–Crippen LogP) is 10.9. The van der Waals surface area contributed by atoms with E-state index in [-0.39, 0.29) is 22.6 Å². The van der Waals surface area contributed by atoms with Crippen molar-refractivity contribution in [3.05, 3.63) is 138 Å². The third-order valence-corrected chi connectivity index (χ3v) is 8.52. The van der Waals surface area contributed by atoms with Crippen LogP contribution in [-0.2, 0) is 0 Å². The van der Waals surface area contributed by atoms with Gasteiger partial charge in [-0.05, 0) is 90.8 Å². The standard InChI is InChI=1S/C32H38O6.C13H10O3/c1-2-3-4-5-6-7-8-9-10-11-23-37-26-19-21-27(22-20-26)38-32(36)25-17-15-24(16-18-25)30-28(31(34)35)13-12-14-29(30)33;14-11-6-4-5-10(9-11)13(15)16-12-7-2-1-3-8-12/h12-22,33H,2-11,23H2,1H3,(H,34,35);1-9,14H. The summed E-state index contributed by atoms with van der Waals surface area (Å²) >= 11 is 0. The van der Waals surface area contributed by atoms with Crippen LogP contribution in [0.2, 0.25) is 0 Å². The summed E-state index contributed by atoms with van der Waals surface area (Å²) in [5, 5.41) is 28.8. The number of aromatic carboxylic acids is 1. The lowest BCUT2D eigenvalue weighted by Gasteiger charge is -2.10. The maximum atomic E-state index is 12.6. The van der Waals surface area contributed by atoms with Gasteiger partial charge in [-0.25, -0.2) is 14.4 Å². The zero-order valence-electron chi connectivity index (χ0n) is 30.6. The quantitative estimate of drug-likeness (QED) is 0.0456. The maximum absolute atomic E-state index is 12.6. The van der Waals surface area contributed by atoms with Crippen LogP contribution in [0.15, 0.2) is 121 Å². The van der Waals surface area contributed by atoms with E-state index in [1.54, 1.807) is 84.9 Å². The zero-order valence-corrected chi connectivity index (χ0v) is 30.6. The molecule has 0 aliphatic heterocycles. The number of hydrogen-bond acceptors (Lipinski definition) is 8. The number of benzene rings is 5. The molecule has 0 radical (unpaired) electrons. The molecule has 0 aromatic heterocycles. The van der Waals surface area contributed by atoms with Crippen molar-refractivity contribution in [2.24, 2.45) is 0 Å². The average molecular weight is 733 g/mol. The van der Waals surface area contributed by atoms with Gasteiger partial charge in [-0.1, -0.05) is 107 Å². The van der Waals surface area contributed by atoms with Crippen molar-refractivity contribution >= 4 is 17.9 Å². The highest BCUT2D eigenvalue weighted by atomic mass is 16.5. The molecule has 9 heteroatoms. The zero-order chi connectivity index (χ0) is 38.5. The normalized spacial score (nSPS) is 10.5. The molecule has 0 heterocycles. The second kappa shape index (κ2) is 22.1. The summed E-state index contributed by atoms with van der Waals surface area (Å²) in [7, 11) is 0. The van der Waals surface area contributed by atoms with Crippen molar-refractivity contribution in [1.82, 2.24) is 0 Å². The van der Waals surface area contributed by atoms with Crippen LogP contribution in [-0.4, -0.2) is 39.8 Å². The van der Waals surface area contributed by atoms with Gasteiger partial charge in [-0.2, -0.15) is 0 Å². The fourth-order valence-electron chi connectivity index (χ4n) is 5.63. The van der Waals surface area contributed by atoms with E-state index in [1.807, 2.05) is 6.07 Å². The van der Waals surface area contributed by atoms with Gasteiger partial charge in [0.05, 0.1) is 23.3 Å². The molecular formula is C45H48O9. The molecule has 282 valence electrons. The van der Waals surface area contributed by atoms with E-state index in [0.29, 0.717) is 34.8 Å². The van der Waals surface area contributed by atoms with Crippen LogP contribution in [0.25, 0.3) is 11.1 Å². The van der Waals surface area contributed by atoms with E-state index >= 15 is 0 Å². The van der Waals surface area contributed by atoms with E-state index < -0.39 is 17.9 Å². The van der Waals surface area contributed by atoms with Gasteiger partial charge in [-0.15, -0.1) is 0 Å². The van der Waals surface area contributed by atoms with Crippen molar-refractivity contribution in [3.63, 3.8) is 0 Å². The van der Waals surface area contributed by atoms with E-state index in [0.717, 1.165) is 12.2 Å². The molecule has 0 atom stereocenters. The summed E-state index contributed by atoms with van der Waals surface area (Å²) in [6.07, 6.45) is 12.8. The number of unbranched alkanes of at least 4 members (excludes halogenated alkanes) is 9. The Labute approximate surface area is 316 Å². The van der Waals surface area contributed by atoms with Gasteiger partial charge < -0.3 is 29.5 Å². The molecule has 0 spiro atoms. The molecule has 0 aliphatic rings. The van der Waals surface area contributed by atoms with Crippen LogP contribution in [0.5, 0.6) is 28.7 Å². The Bertz CT molecular complexity index is 1900. The number of ether oxygens (including phenoxy) is 3. The van der Waals surface area contributed by atoms with E-state index in [2.05, 4.69) is 6.92 Å². The molecular weight excluding hydrogens is 684 g/mol. The van der Waals surface area contributed by atoms with Crippen molar-refractivity contribution < 1.29 is 43.9 Å². The molecule has 5 aromatic carbocycles. The Morgan fingerprint density at radius 1 is 0.537 bits per heavy atom. The van der Waals surface area contributed by atoms with Gasteiger partial charge in [0.2, 0.25) is 0 Å². The minimum absolute atomic E-state index is 0.0178. The first-order valence-corrected chi connectivity index (χ1v) is 18.4. The number of carboxylic acid groups (broad SMARTS) is 1. The lowest BCUT2D eigenvalue weighted by Crippen LogP contribution is -2.08. The molecule has 54 heavy (non-hydrogen) atoms. The van der Waals surface area contributed by atoms with Crippen LogP contribution in [0.4, 0.5) is 0 Å². The Hall–Kier alpha value is -6.09. The average Bonchev–Trinajstić information content (AvgIpc) is 3.18. The summed E-state index contributed by atoms with van der Waals surface area (Å²) in [6, 6.07) is 32.4. The van der Waals surface area contributed by atoms with Gasteiger partial charge in [-0.3, -0.25) is 0 Å². The number of phenols is 2. The molecule has 0 unspecified atom stereocenters. The lowest BCUT2D eigenvalue weighted by atomic mass is 9.97. The topological polar surface area (TPSA) is 140 Å². The number of para-hydroxylation sites is 1. The number of carbonyl (C=O) groups is 3. The van der Waals surface area contributed by atoms with Crippen molar-refractivity contribution in [2.75, 3.05) is 6.61 Å². The smallest absolute Gasteiger partial charge is 0.343 e. The molecule has 3 N–H and O–H groups in total. The molecule has 0 saturated heterocycles. The van der Waals surface area contributed by atoms with E-state index in [1.165, 1.54) is 88.1 Å². The van der Waals surface area contributed by atoms with Crippen LogP contribution >= 0.6 is 0 Å². The number of rotatable bonds is 18. The fraction of sp³-hybridized carbons (Fsp3) is 0.267. The molecule has 5 aromatic rings. The molecule has 0 amide bonds. The largest absolute Gasteiger partial charge is 0.508 e. The first kappa shape index (κ1) is 40.7. The van der Waals surface area contributed by atoms with Crippen LogP contribution in [0.1, 0.15) is 102 Å². The fourth-order valence-corrected chi connectivity index (χ4v) is 5.63. The van der Waals surface area contributed by atoms with Crippen molar-refractivity contribution in [2.45, 2.75) is 71.1 Å². The Balaban J connectivity index is 0.000000336. The number of esters is 2. The summed E-state index contributed by atoms with van der Waals surface area (Å²) < 4.78 is 16.4. The van der Waals surface area contributed by atoms with Gasteiger partial charge >= 0.3 is 17.9 Å². The predicted molar refractivity (Wildman–Crippen MR) is 209 cm³/mol. The second-order valence-electron chi connectivity index (χ2n) is 12.7. The maximum Gasteiger partial charge on any atom is 0.343 e. The number of phenolic OH excluding ortho intramolecular Hbond substituents is 2. The van der Waals surface area contributed by atoms with Gasteiger partial charge in [0, 0.05) is 5.56 Å². The SMILES string of the molecule is CCCCCCCCCCCCOc1ccc(OC(=O)c2ccc(-c3c(O)cccc3C(=O)O)cc2)cc1.O=C(Oc1ccccc1)c1cccc(O)c1. The summed E-state index contributed by atoms with van der Waals surface area (Å²) in [5.41, 5.74) is 1.30. The Morgan fingerprint density at radius 3 is 1.70 bits per heavy atom. The second-order valence-corrected chi connectivity index (χ2v) is 12.7. The van der Waals surface area contributed by atoms with Crippen molar-refractivity contribution in [3.8, 4) is 39.9 Å². The molecule has 0 saturated carbocycles. The Kier molecular flexibility index (Phi) is 16.6. The number of carboxylic acids is 1. The van der Waals surface area contributed by atoms with E-state index in [4.69, 9.17) is 14.2 Å². The highest BCUT2D eigenvalue weighted by Gasteiger charge is 2.17. The third-order valence-electron chi connectivity index (χ3n) is 8.52. The summed E-state index contributed by atoms with van der Waals surface area (Å²) in [5.74, 6) is -0.640. The third kappa shape index (κ3) is 13.5. The molecule has 5 rings (SSSR count). The first-order valence-electron chi connectivity index (χ1n) is 18.4. The monoisotopic (exact) mass is 732 g/mol. The Morgan fingerprint density at radius 2 is 1.09 bits per heavy atom. The van der Waals surface area contributed by atoms with Crippen molar-refractivity contribution in [1.29, 1.82) is 0 Å². The number of hydrogen-bond donors (Lipinski definition) is 3. The van der Waals surface area contributed by atoms with Gasteiger partial charge in [0.25, 0.3) is 0 Å². The minimum Gasteiger partial charge on any atom is -0.508 e. The van der Waals surface area contributed by atoms with E-state index in [9.17, 15) is 29.7 Å². The first-order chi connectivity index (χ1) is 26.2. The molecule has 0 bridgehead atoms. The van der Waals surface area contributed by atoms with Crippen LogP contribution in [0, 0.1) is 0 Å². The highest BCUT2D eigenvalue weighted by Crippen LogP contribution is 2.33. The van der Waals surface area contributed by atoms with Crippen LogP contribution in [0.3, 0.4) is 0 Å². The summed E-state index contributed by atoms with van der Waals surface area (Å²) in [6.45, 7) is 2.91. The lowest BCUT2D eigenvalue weighted by molar-refractivity contribution is 0.0693. The minimum atomic E-state index is -1.14. The van der Waals surface area contributed by atoms with Crippen LogP contribution < -0.4 is 14.2 Å².